The second-order valence-electron chi connectivity index (χ2n) is 4.75. The predicted molar refractivity (Wildman–Crippen MR) is 72.0 cm³/mol. The molecule has 0 fully saturated rings. The Hall–Kier alpha value is -1.62. The van der Waals surface area contributed by atoms with Gasteiger partial charge in [0.1, 0.15) is 0 Å². The van der Waals surface area contributed by atoms with Crippen molar-refractivity contribution >= 4 is 0 Å². The van der Waals surface area contributed by atoms with Crippen molar-refractivity contribution in [3.05, 3.63) is 28.2 Å². The van der Waals surface area contributed by atoms with Gasteiger partial charge < -0.3 is 5.32 Å². The third-order valence-electron chi connectivity index (χ3n) is 3.52. The number of nitrogens with one attached hydrogen (secondary N) is 1. The fraction of sp³-hybridized carbons (Fsp3) is 0.538. The van der Waals surface area contributed by atoms with Crippen LogP contribution in [0.25, 0.3) is 5.82 Å². The van der Waals surface area contributed by atoms with Gasteiger partial charge in [-0.25, -0.2) is 4.68 Å². The molecule has 1 N–H and O–H groups in total. The van der Waals surface area contributed by atoms with E-state index in [1.165, 1.54) is 16.8 Å². The van der Waals surface area contributed by atoms with Crippen molar-refractivity contribution in [1.29, 1.82) is 0 Å². The minimum atomic E-state index is 0.798. The molecule has 0 bridgehead atoms. The monoisotopic (exact) mass is 247 g/mol. The normalized spacial score (nSPS) is 11.2. The third-order valence-corrected chi connectivity index (χ3v) is 3.52. The highest BCUT2D eigenvalue weighted by atomic mass is 15.4. The number of hydrogen-bond donors (Lipinski definition) is 1. The Kier molecular flexibility index (Phi) is 3.26. The Morgan fingerprint density at radius 1 is 1.06 bits per heavy atom. The second kappa shape index (κ2) is 4.57. The van der Waals surface area contributed by atoms with E-state index < -0.39 is 0 Å². The van der Waals surface area contributed by atoms with E-state index in [0.717, 1.165) is 23.8 Å². The maximum absolute atomic E-state index is 4.63. The van der Waals surface area contributed by atoms with Gasteiger partial charge in [-0.15, -0.1) is 0 Å². The molecule has 0 unspecified atom stereocenters. The van der Waals surface area contributed by atoms with Gasteiger partial charge in [0.25, 0.3) is 0 Å². The van der Waals surface area contributed by atoms with Crippen molar-refractivity contribution in [3.8, 4) is 5.82 Å². The van der Waals surface area contributed by atoms with Gasteiger partial charge >= 0.3 is 0 Å². The summed E-state index contributed by atoms with van der Waals surface area (Å²) in [5.41, 5.74) is 5.73. The average molecular weight is 247 g/mol. The molecular formula is C13H21N5. The van der Waals surface area contributed by atoms with Crippen molar-refractivity contribution in [2.75, 3.05) is 7.05 Å². The summed E-state index contributed by atoms with van der Waals surface area (Å²) >= 11 is 0. The summed E-state index contributed by atoms with van der Waals surface area (Å²) in [7, 11) is 3.91. The van der Waals surface area contributed by atoms with Crippen molar-refractivity contribution in [2.45, 2.75) is 34.2 Å². The van der Waals surface area contributed by atoms with Gasteiger partial charge in [0.15, 0.2) is 5.82 Å². The fourth-order valence-corrected chi connectivity index (χ4v) is 2.27. The highest BCUT2D eigenvalue weighted by Gasteiger charge is 2.18. The Morgan fingerprint density at radius 3 is 2.22 bits per heavy atom. The standard InChI is InChI=1S/C13H21N5/c1-8-9(2)16-18(11(8)4)13-12(7-14-5)10(3)15-17(13)6/h14H,7H2,1-6H3. The molecule has 0 spiro atoms. The molecule has 98 valence electrons. The zero-order valence-electron chi connectivity index (χ0n) is 12.0. The molecule has 0 saturated carbocycles. The van der Waals surface area contributed by atoms with E-state index in [4.69, 9.17) is 0 Å². The molecule has 2 rings (SSSR count). The highest BCUT2D eigenvalue weighted by molar-refractivity contribution is 5.40. The molecule has 0 aliphatic rings. The SMILES string of the molecule is CNCc1c(C)nn(C)c1-n1nc(C)c(C)c1C. The number of aryl methyl sites for hydroxylation is 3. The molecule has 0 aromatic carbocycles. The van der Waals surface area contributed by atoms with Gasteiger partial charge in [0.05, 0.1) is 11.4 Å². The quantitative estimate of drug-likeness (QED) is 0.895. The van der Waals surface area contributed by atoms with Gasteiger partial charge in [-0.2, -0.15) is 10.2 Å². The first-order valence-electron chi connectivity index (χ1n) is 6.17. The van der Waals surface area contributed by atoms with Gasteiger partial charge in [0.2, 0.25) is 0 Å². The fourth-order valence-electron chi connectivity index (χ4n) is 2.27. The molecule has 0 aliphatic carbocycles. The Morgan fingerprint density at radius 2 is 1.72 bits per heavy atom. The minimum Gasteiger partial charge on any atom is -0.315 e. The zero-order valence-corrected chi connectivity index (χ0v) is 12.0. The van der Waals surface area contributed by atoms with Crippen LogP contribution in [-0.4, -0.2) is 26.6 Å². The second-order valence-corrected chi connectivity index (χ2v) is 4.75. The van der Waals surface area contributed by atoms with Gasteiger partial charge in [-0.05, 0) is 40.3 Å². The van der Waals surface area contributed by atoms with Gasteiger partial charge in [-0.1, -0.05) is 0 Å². The Balaban J connectivity index is 2.66. The first kappa shape index (κ1) is 12.8. The van der Waals surface area contributed by atoms with Crippen molar-refractivity contribution in [3.63, 3.8) is 0 Å². The molecule has 2 aromatic rings. The Bertz CT molecular complexity index is 577. The smallest absolute Gasteiger partial charge is 0.156 e. The summed E-state index contributed by atoms with van der Waals surface area (Å²) in [4.78, 5) is 0. The molecule has 0 amide bonds. The van der Waals surface area contributed by atoms with Crippen LogP contribution in [-0.2, 0) is 13.6 Å². The van der Waals surface area contributed by atoms with Gasteiger partial charge in [-0.3, -0.25) is 4.68 Å². The zero-order chi connectivity index (χ0) is 13.4. The lowest BCUT2D eigenvalue weighted by Gasteiger charge is -2.08. The van der Waals surface area contributed by atoms with Crippen LogP contribution in [0.15, 0.2) is 0 Å². The summed E-state index contributed by atoms with van der Waals surface area (Å²) in [5, 5.41) is 12.3. The molecule has 2 heterocycles. The summed E-state index contributed by atoms with van der Waals surface area (Å²) in [6.07, 6.45) is 0. The number of aromatic nitrogens is 4. The lowest BCUT2D eigenvalue weighted by Crippen LogP contribution is -2.12. The van der Waals surface area contributed by atoms with E-state index in [2.05, 4.69) is 29.4 Å². The molecule has 5 nitrogen and oxygen atoms in total. The van der Waals surface area contributed by atoms with Gasteiger partial charge in [0, 0.05) is 24.8 Å². The average Bonchev–Trinajstić information content (AvgIpc) is 2.72. The lowest BCUT2D eigenvalue weighted by molar-refractivity contribution is 0.676. The van der Waals surface area contributed by atoms with E-state index in [9.17, 15) is 0 Å². The maximum Gasteiger partial charge on any atom is 0.156 e. The summed E-state index contributed by atoms with van der Waals surface area (Å²) in [6.45, 7) is 9.08. The Labute approximate surface area is 108 Å². The summed E-state index contributed by atoms with van der Waals surface area (Å²) in [5.74, 6) is 1.05. The molecule has 0 saturated heterocycles. The lowest BCUT2D eigenvalue weighted by atomic mass is 10.2. The van der Waals surface area contributed by atoms with E-state index in [1.807, 2.05) is 37.3 Å². The van der Waals surface area contributed by atoms with E-state index in [0.29, 0.717) is 0 Å². The van der Waals surface area contributed by atoms with Crippen LogP contribution in [0.4, 0.5) is 0 Å². The highest BCUT2D eigenvalue weighted by Crippen LogP contribution is 2.21. The molecule has 18 heavy (non-hydrogen) atoms. The van der Waals surface area contributed by atoms with Crippen LogP contribution >= 0.6 is 0 Å². The minimum absolute atomic E-state index is 0.798. The van der Waals surface area contributed by atoms with Crippen LogP contribution < -0.4 is 5.32 Å². The molecule has 0 aliphatic heterocycles. The predicted octanol–water partition coefficient (Wildman–Crippen LogP) is 1.56. The first-order valence-corrected chi connectivity index (χ1v) is 6.17. The number of nitrogens with zero attached hydrogens (tertiary/aromatic N) is 4. The molecule has 5 heteroatoms. The molecule has 2 aromatic heterocycles. The maximum atomic E-state index is 4.63. The van der Waals surface area contributed by atoms with Crippen LogP contribution in [0.3, 0.4) is 0 Å². The van der Waals surface area contributed by atoms with E-state index in [1.54, 1.807) is 0 Å². The third kappa shape index (κ3) is 1.84. The van der Waals surface area contributed by atoms with Crippen molar-refractivity contribution in [2.24, 2.45) is 7.05 Å². The van der Waals surface area contributed by atoms with E-state index in [-0.39, 0.29) is 0 Å². The largest absolute Gasteiger partial charge is 0.315 e. The molecule has 0 atom stereocenters. The van der Waals surface area contributed by atoms with Crippen molar-refractivity contribution in [1.82, 2.24) is 24.9 Å². The van der Waals surface area contributed by atoms with Crippen LogP contribution in [0.1, 0.15) is 28.2 Å². The first-order chi connectivity index (χ1) is 8.47. The number of rotatable bonds is 3. The van der Waals surface area contributed by atoms with Crippen molar-refractivity contribution < 1.29 is 0 Å². The number of hydrogen-bond acceptors (Lipinski definition) is 3. The topological polar surface area (TPSA) is 47.7 Å². The van der Waals surface area contributed by atoms with Crippen LogP contribution in [0.2, 0.25) is 0 Å². The molecular weight excluding hydrogens is 226 g/mol. The van der Waals surface area contributed by atoms with E-state index >= 15 is 0 Å². The summed E-state index contributed by atoms with van der Waals surface area (Å²) in [6, 6.07) is 0. The van der Waals surface area contributed by atoms with Crippen LogP contribution in [0.5, 0.6) is 0 Å². The summed E-state index contributed by atoms with van der Waals surface area (Å²) < 4.78 is 3.90. The molecule has 0 radical (unpaired) electrons. The van der Waals surface area contributed by atoms with Crippen LogP contribution in [0, 0.1) is 27.7 Å².